The third kappa shape index (κ3) is 4.52. The lowest BCUT2D eigenvalue weighted by Crippen LogP contribution is -2.29. The van der Waals surface area contributed by atoms with E-state index in [9.17, 15) is 14.7 Å². The molecule has 3 aromatic carbocycles. The van der Waals surface area contributed by atoms with Crippen LogP contribution in [0.1, 0.15) is 30.5 Å². The molecule has 36 heavy (non-hydrogen) atoms. The molecule has 1 aliphatic rings. The zero-order valence-electron chi connectivity index (χ0n) is 19.1. The molecule has 1 unspecified atom stereocenters. The Labute approximate surface area is 224 Å². The van der Waals surface area contributed by atoms with Crippen molar-refractivity contribution >= 4 is 71.7 Å². The van der Waals surface area contributed by atoms with Crippen molar-refractivity contribution in [3.05, 3.63) is 92.9 Å². The van der Waals surface area contributed by atoms with Crippen LogP contribution >= 0.6 is 38.9 Å². The van der Waals surface area contributed by atoms with Gasteiger partial charge < -0.3 is 9.84 Å². The minimum absolute atomic E-state index is 0.00170. The summed E-state index contributed by atoms with van der Waals surface area (Å²) in [5, 5.41) is 12.2. The predicted octanol–water partition coefficient (Wildman–Crippen LogP) is 7.13. The second kappa shape index (κ2) is 10.0. The number of hydrogen-bond acceptors (Lipinski definition) is 6. The third-order valence-corrected chi connectivity index (χ3v) is 7.56. The number of amides is 1. The molecule has 1 fully saturated rings. The van der Waals surface area contributed by atoms with Crippen molar-refractivity contribution in [1.29, 1.82) is 0 Å². The standard InChI is InChI=1S/C27H20BrClN2O4S/c1-2-13-35-19-10-5-16(6-11-19)24(32)22-23(15-3-7-17(28)8-4-15)31(26(34)25(22)33)27-30-20-12-9-18(29)14-21(20)36-27/h3-12,14,23,32H,2,13H2,1H3/b24-22+. The van der Waals surface area contributed by atoms with E-state index in [0.717, 1.165) is 15.6 Å². The Hall–Kier alpha value is -3.20. The van der Waals surface area contributed by atoms with Crippen LogP contribution in [0.25, 0.3) is 16.0 Å². The predicted molar refractivity (Wildman–Crippen MR) is 146 cm³/mol. The first-order valence-electron chi connectivity index (χ1n) is 11.2. The number of aliphatic hydroxyl groups excluding tert-OH is 1. The fourth-order valence-corrected chi connectivity index (χ4v) is 5.60. The molecule has 1 aromatic heterocycles. The Bertz CT molecular complexity index is 1500. The lowest BCUT2D eigenvalue weighted by Gasteiger charge is -2.23. The molecule has 1 atom stereocenters. The lowest BCUT2D eigenvalue weighted by molar-refractivity contribution is -0.132. The first kappa shape index (κ1) is 24.5. The summed E-state index contributed by atoms with van der Waals surface area (Å²) >= 11 is 10.8. The molecule has 1 aliphatic heterocycles. The van der Waals surface area contributed by atoms with Crippen LogP contribution in [0, 0.1) is 0 Å². The van der Waals surface area contributed by atoms with Crippen LogP contribution in [0.5, 0.6) is 5.75 Å². The normalized spacial score (nSPS) is 17.2. The van der Waals surface area contributed by atoms with Crippen LogP contribution < -0.4 is 9.64 Å². The number of carbonyl (C=O) groups excluding carboxylic acids is 2. The number of rotatable bonds is 6. The number of carbonyl (C=O) groups is 2. The highest BCUT2D eigenvalue weighted by molar-refractivity contribution is 9.10. The number of hydrogen-bond donors (Lipinski definition) is 1. The molecule has 0 spiro atoms. The molecule has 0 bridgehead atoms. The summed E-state index contributed by atoms with van der Waals surface area (Å²) in [6.07, 6.45) is 0.871. The number of ether oxygens (including phenoxy) is 1. The van der Waals surface area contributed by atoms with Crippen LogP contribution in [0.3, 0.4) is 0 Å². The minimum Gasteiger partial charge on any atom is -0.507 e. The van der Waals surface area contributed by atoms with E-state index in [1.807, 2.05) is 31.2 Å². The average Bonchev–Trinajstić information content (AvgIpc) is 3.40. The van der Waals surface area contributed by atoms with Gasteiger partial charge in [0.25, 0.3) is 5.78 Å². The molecular weight excluding hydrogens is 564 g/mol. The molecule has 2 heterocycles. The van der Waals surface area contributed by atoms with E-state index in [4.69, 9.17) is 16.3 Å². The molecule has 4 aromatic rings. The summed E-state index contributed by atoms with van der Waals surface area (Å²) in [6, 6.07) is 18.5. The Morgan fingerprint density at radius 2 is 1.83 bits per heavy atom. The van der Waals surface area contributed by atoms with E-state index < -0.39 is 17.7 Å². The van der Waals surface area contributed by atoms with E-state index in [-0.39, 0.29) is 11.3 Å². The summed E-state index contributed by atoms with van der Waals surface area (Å²) in [6.45, 7) is 2.59. The number of benzene rings is 3. The molecule has 1 saturated heterocycles. The number of ketones is 1. The van der Waals surface area contributed by atoms with E-state index in [0.29, 0.717) is 39.2 Å². The fraction of sp³-hybridized carbons (Fsp3) is 0.148. The van der Waals surface area contributed by atoms with Crippen molar-refractivity contribution < 1.29 is 19.4 Å². The van der Waals surface area contributed by atoms with E-state index in [2.05, 4.69) is 20.9 Å². The van der Waals surface area contributed by atoms with Crippen LogP contribution in [-0.2, 0) is 9.59 Å². The number of halogens is 2. The molecule has 1 N–H and O–H groups in total. The van der Waals surface area contributed by atoms with Gasteiger partial charge in [-0.1, -0.05) is 57.9 Å². The molecule has 1 amide bonds. The highest BCUT2D eigenvalue weighted by atomic mass is 79.9. The Kier molecular flexibility index (Phi) is 6.83. The largest absolute Gasteiger partial charge is 0.507 e. The SMILES string of the molecule is CCCOc1ccc(/C(O)=C2\C(=O)C(=O)N(c3nc4ccc(Cl)cc4s3)C2c2ccc(Br)cc2)cc1. The maximum Gasteiger partial charge on any atom is 0.301 e. The number of aliphatic hydroxyl groups is 1. The summed E-state index contributed by atoms with van der Waals surface area (Å²) in [4.78, 5) is 32.7. The first-order valence-corrected chi connectivity index (χ1v) is 13.2. The van der Waals surface area contributed by atoms with Gasteiger partial charge in [0, 0.05) is 15.1 Å². The van der Waals surface area contributed by atoms with Crippen molar-refractivity contribution in [2.45, 2.75) is 19.4 Å². The third-order valence-electron chi connectivity index (χ3n) is 5.78. The first-order chi connectivity index (χ1) is 17.4. The van der Waals surface area contributed by atoms with Crippen molar-refractivity contribution in [2.75, 3.05) is 11.5 Å². The smallest absolute Gasteiger partial charge is 0.301 e. The maximum absolute atomic E-state index is 13.4. The van der Waals surface area contributed by atoms with Crippen LogP contribution in [0.2, 0.25) is 5.02 Å². The second-order valence-electron chi connectivity index (χ2n) is 8.20. The van der Waals surface area contributed by atoms with Crippen molar-refractivity contribution in [1.82, 2.24) is 4.98 Å². The van der Waals surface area contributed by atoms with Gasteiger partial charge in [0.2, 0.25) is 0 Å². The number of aromatic nitrogens is 1. The Morgan fingerprint density at radius 3 is 2.53 bits per heavy atom. The summed E-state index contributed by atoms with van der Waals surface area (Å²) in [7, 11) is 0. The van der Waals surface area contributed by atoms with E-state index in [1.165, 1.54) is 16.2 Å². The minimum atomic E-state index is -0.856. The highest BCUT2D eigenvalue weighted by Crippen LogP contribution is 2.44. The molecule has 5 rings (SSSR count). The Morgan fingerprint density at radius 1 is 1.11 bits per heavy atom. The maximum atomic E-state index is 13.4. The van der Waals surface area contributed by atoms with Gasteiger partial charge in [0.05, 0.1) is 28.4 Å². The van der Waals surface area contributed by atoms with Crippen LogP contribution in [-0.4, -0.2) is 28.4 Å². The molecule has 182 valence electrons. The van der Waals surface area contributed by atoms with Gasteiger partial charge in [-0.25, -0.2) is 4.98 Å². The van der Waals surface area contributed by atoms with Gasteiger partial charge >= 0.3 is 5.91 Å². The Balaban J connectivity index is 1.65. The summed E-state index contributed by atoms with van der Waals surface area (Å²) in [5.74, 6) is -1.12. The fourth-order valence-electron chi connectivity index (χ4n) is 4.06. The number of nitrogens with zero attached hydrogens (tertiary/aromatic N) is 2. The summed E-state index contributed by atoms with van der Waals surface area (Å²) in [5.41, 5.74) is 1.74. The molecule has 6 nitrogen and oxygen atoms in total. The zero-order valence-corrected chi connectivity index (χ0v) is 22.2. The van der Waals surface area contributed by atoms with Gasteiger partial charge in [-0.15, -0.1) is 0 Å². The molecule has 0 saturated carbocycles. The van der Waals surface area contributed by atoms with Gasteiger partial charge in [-0.2, -0.15) is 0 Å². The van der Waals surface area contributed by atoms with Gasteiger partial charge in [-0.05, 0) is 66.6 Å². The van der Waals surface area contributed by atoms with E-state index in [1.54, 1.807) is 42.5 Å². The van der Waals surface area contributed by atoms with E-state index >= 15 is 0 Å². The number of thiazole rings is 1. The van der Waals surface area contributed by atoms with Crippen LogP contribution in [0.15, 0.2) is 76.8 Å². The number of anilines is 1. The molecule has 9 heteroatoms. The van der Waals surface area contributed by atoms with Gasteiger partial charge in [0.1, 0.15) is 11.5 Å². The second-order valence-corrected chi connectivity index (χ2v) is 10.6. The van der Waals surface area contributed by atoms with Crippen LogP contribution in [0.4, 0.5) is 5.13 Å². The lowest BCUT2D eigenvalue weighted by atomic mass is 9.95. The molecular formula is C27H20BrClN2O4S. The van der Waals surface area contributed by atoms with Gasteiger partial charge in [0.15, 0.2) is 5.13 Å². The quantitative estimate of drug-likeness (QED) is 0.148. The highest BCUT2D eigenvalue weighted by Gasteiger charge is 2.48. The van der Waals surface area contributed by atoms with Crippen molar-refractivity contribution in [3.63, 3.8) is 0 Å². The van der Waals surface area contributed by atoms with Crippen molar-refractivity contribution in [2.24, 2.45) is 0 Å². The zero-order chi connectivity index (χ0) is 25.4. The topological polar surface area (TPSA) is 79.7 Å². The summed E-state index contributed by atoms with van der Waals surface area (Å²) < 4.78 is 7.26. The number of fused-ring (bicyclic) bond motifs is 1. The van der Waals surface area contributed by atoms with Crippen molar-refractivity contribution in [3.8, 4) is 5.75 Å². The monoisotopic (exact) mass is 582 g/mol. The molecule has 0 aliphatic carbocycles. The molecule has 0 radical (unpaired) electrons. The average molecular weight is 584 g/mol. The van der Waals surface area contributed by atoms with Gasteiger partial charge in [-0.3, -0.25) is 14.5 Å². The number of Topliss-reactive ketones (excluding diaryl/α,β-unsaturated/α-hetero) is 1.